The van der Waals surface area contributed by atoms with Gasteiger partial charge in [-0.3, -0.25) is 4.79 Å². The maximum atomic E-state index is 12.5. The zero-order valence-corrected chi connectivity index (χ0v) is 13.6. The number of nitrogens with zero attached hydrogens (tertiary/aromatic N) is 1. The molecular weight excluding hydrogens is 325 g/mol. The van der Waals surface area contributed by atoms with Gasteiger partial charge in [-0.25, -0.2) is 8.42 Å². The standard InChI is InChI=1S/C12H15Cl2NO4S/c1-8(2)15(7-12(16)19-3)20(17,18)11-5-9(13)4-10(14)6-11/h4-6,8H,7H2,1-3H3. The third kappa shape index (κ3) is 4.09. The molecule has 0 aliphatic heterocycles. The number of halogens is 2. The Balaban J connectivity index is 3.26. The number of hydrogen-bond acceptors (Lipinski definition) is 4. The van der Waals surface area contributed by atoms with Crippen molar-refractivity contribution in [2.45, 2.75) is 24.8 Å². The molecule has 0 radical (unpaired) electrons. The smallest absolute Gasteiger partial charge is 0.321 e. The van der Waals surface area contributed by atoms with Gasteiger partial charge in [0.05, 0.1) is 12.0 Å². The largest absolute Gasteiger partial charge is 0.468 e. The van der Waals surface area contributed by atoms with Crippen molar-refractivity contribution in [1.29, 1.82) is 0 Å². The van der Waals surface area contributed by atoms with Crippen LogP contribution in [-0.2, 0) is 19.6 Å². The molecule has 0 amide bonds. The number of rotatable bonds is 5. The first-order valence-corrected chi connectivity index (χ1v) is 7.93. The van der Waals surface area contributed by atoms with Gasteiger partial charge in [-0.05, 0) is 32.0 Å². The molecule has 0 aliphatic rings. The van der Waals surface area contributed by atoms with Crippen LogP contribution in [0.4, 0.5) is 0 Å². The van der Waals surface area contributed by atoms with E-state index < -0.39 is 22.0 Å². The lowest BCUT2D eigenvalue weighted by Crippen LogP contribution is -2.41. The van der Waals surface area contributed by atoms with Crippen molar-refractivity contribution < 1.29 is 17.9 Å². The number of sulfonamides is 1. The second kappa shape index (κ2) is 6.76. The predicted molar refractivity (Wildman–Crippen MR) is 77.5 cm³/mol. The SMILES string of the molecule is COC(=O)CN(C(C)C)S(=O)(=O)c1cc(Cl)cc(Cl)c1. The van der Waals surface area contributed by atoms with Gasteiger partial charge >= 0.3 is 5.97 Å². The molecule has 20 heavy (non-hydrogen) atoms. The number of carbonyl (C=O) groups excluding carboxylic acids is 1. The van der Waals surface area contributed by atoms with E-state index in [1.165, 1.54) is 25.3 Å². The highest BCUT2D eigenvalue weighted by Crippen LogP contribution is 2.25. The summed E-state index contributed by atoms with van der Waals surface area (Å²) in [5.41, 5.74) is 0. The molecule has 0 N–H and O–H groups in total. The van der Waals surface area contributed by atoms with Crippen LogP contribution in [0, 0.1) is 0 Å². The van der Waals surface area contributed by atoms with Crippen molar-refractivity contribution in [3.05, 3.63) is 28.2 Å². The van der Waals surface area contributed by atoms with E-state index in [1.807, 2.05) is 0 Å². The van der Waals surface area contributed by atoms with Crippen molar-refractivity contribution in [3.63, 3.8) is 0 Å². The minimum Gasteiger partial charge on any atom is -0.468 e. The Labute approximate surface area is 128 Å². The van der Waals surface area contributed by atoms with E-state index in [1.54, 1.807) is 13.8 Å². The Kier molecular flexibility index (Phi) is 5.82. The zero-order valence-electron chi connectivity index (χ0n) is 11.3. The van der Waals surface area contributed by atoms with Crippen LogP contribution in [0.2, 0.25) is 10.0 Å². The number of ether oxygens (including phenoxy) is 1. The van der Waals surface area contributed by atoms with Crippen LogP contribution in [-0.4, -0.2) is 38.4 Å². The van der Waals surface area contributed by atoms with Gasteiger partial charge in [0.15, 0.2) is 0 Å². The van der Waals surface area contributed by atoms with Crippen molar-refractivity contribution in [1.82, 2.24) is 4.31 Å². The van der Waals surface area contributed by atoms with Gasteiger partial charge in [0.25, 0.3) is 0 Å². The lowest BCUT2D eigenvalue weighted by Gasteiger charge is -2.24. The van der Waals surface area contributed by atoms with Crippen molar-refractivity contribution in [2.75, 3.05) is 13.7 Å². The fourth-order valence-corrected chi connectivity index (χ4v) is 3.86. The highest BCUT2D eigenvalue weighted by molar-refractivity contribution is 7.89. The van der Waals surface area contributed by atoms with Crippen LogP contribution in [0.5, 0.6) is 0 Å². The zero-order chi connectivity index (χ0) is 15.5. The Morgan fingerprint density at radius 2 is 1.75 bits per heavy atom. The summed E-state index contributed by atoms with van der Waals surface area (Å²) < 4.78 is 30.6. The van der Waals surface area contributed by atoms with Crippen molar-refractivity contribution >= 4 is 39.2 Å². The molecule has 0 atom stereocenters. The second-order valence-corrected chi connectivity index (χ2v) is 7.09. The number of benzene rings is 1. The first-order chi connectivity index (χ1) is 9.18. The number of esters is 1. The molecule has 0 aliphatic carbocycles. The van der Waals surface area contributed by atoms with Crippen LogP contribution >= 0.6 is 23.2 Å². The van der Waals surface area contributed by atoms with Crippen molar-refractivity contribution in [2.24, 2.45) is 0 Å². The summed E-state index contributed by atoms with van der Waals surface area (Å²) in [7, 11) is -2.69. The van der Waals surface area contributed by atoms with Gasteiger partial charge in [-0.15, -0.1) is 0 Å². The Bertz CT molecular complexity index is 581. The topological polar surface area (TPSA) is 63.7 Å². The van der Waals surface area contributed by atoms with E-state index >= 15 is 0 Å². The summed E-state index contributed by atoms with van der Waals surface area (Å²) in [6, 6.07) is 3.59. The molecule has 0 spiro atoms. The summed E-state index contributed by atoms with van der Waals surface area (Å²) >= 11 is 11.6. The first-order valence-electron chi connectivity index (χ1n) is 5.73. The molecule has 0 saturated carbocycles. The normalized spacial score (nSPS) is 11.9. The molecule has 1 rings (SSSR count). The Morgan fingerprint density at radius 1 is 1.25 bits per heavy atom. The molecule has 0 fully saturated rings. The summed E-state index contributed by atoms with van der Waals surface area (Å²) in [6.45, 7) is 2.94. The van der Waals surface area contributed by atoms with Gasteiger partial charge in [0, 0.05) is 16.1 Å². The van der Waals surface area contributed by atoms with E-state index in [-0.39, 0.29) is 21.5 Å². The molecule has 1 aromatic rings. The molecule has 112 valence electrons. The van der Waals surface area contributed by atoms with Crippen LogP contribution in [0.15, 0.2) is 23.1 Å². The third-order valence-corrected chi connectivity index (χ3v) is 4.97. The Hall–Kier alpha value is -0.820. The minimum absolute atomic E-state index is 0.0624. The van der Waals surface area contributed by atoms with Crippen LogP contribution < -0.4 is 0 Å². The van der Waals surface area contributed by atoms with Gasteiger partial charge in [0.2, 0.25) is 10.0 Å². The molecule has 5 nitrogen and oxygen atoms in total. The van der Waals surface area contributed by atoms with Crippen molar-refractivity contribution in [3.8, 4) is 0 Å². The van der Waals surface area contributed by atoms with E-state index in [0.29, 0.717) is 0 Å². The van der Waals surface area contributed by atoms with E-state index in [0.717, 1.165) is 4.31 Å². The van der Waals surface area contributed by atoms with E-state index in [4.69, 9.17) is 23.2 Å². The fraction of sp³-hybridized carbons (Fsp3) is 0.417. The third-order valence-electron chi connectivity index (χ3n) is 2.53. The monoisotopic (exact) mass is 339 g/mol. The quantitative estimate of drug-likeness (QED) is 0.773. The van der Waals surface area contributed by atoms with E-state index in [2.05, 4.69) is 4.74 Å². The van der Waals surface area contributed by atoms with Gasteiger partial charge in [-0.2, -0.15) is 4.31 Å². The van der Waals surface area contributed by atoms with Crippen LogP contribution in [0.1, 0.15) is 13.8 Å². The maximum Gasteiger partial charge on any atom is 0.321 e. The second-order valence-electron chi connectivity index (χ2n) is 4.33. The van der Waals surface area contributed by atoms with Crippen LogP contribution in [0.3, 0.4) is 0 Å². The highest BCUT2D eigenvalue weighted by Gasteiger charge is 2.29. The maximum absolute atomic E-state index is 12.5. The average Bonchev–Trinajstić information content (AvgIpc) is 2.33. The molecular formula is C12H15Cl2NO4S. The van der Waals surface area contributed by atoms with Gasteiger partial charge in [-0.1, -0.05) is 23.2 Å². The molecule has 1 aromatic carbocycles. The fourth-order valence-electron chi connectivity index (χ4n) is 1.55. The molecule has 8 heteroatoms. The predicted octanol–water partition coefficient (Wildman–Crippen LogP) is 2.57. The molecule has 0 bridgehead atoms. The minimum atomic E-state index is -3.89. The van der Waals surface area contributed by atoms with Crippen LogP contribution in [0.25, 0.3) is 0 Å². The number of methoxy groups -OCH3 is 1. The van der Waals surface area contributed by atoms with Gasteiger partial charge < -0.3 is 4.74 Å². The average molecular weight is 340 g/mol. The summed E-state index contributed by atoms with van der Waals surface area (Å²) in [6.07, 6.45) is 0. The number of carbonyl (C=O) groups is 1. The molecule has 0 unspecified atom stereocenters. The summed E-state index contributed by atoms with van der Waals surface area (Å²) in [5, 5.41) is 0.413. The van der Waals surface area contributed by atoms with E-state index in [9.17, 15) is 13.2 Å². The highest BCUT2D eigenvalue weighted by atomic mass is 35.5. The lowest BCUT2D eigenvalue weighted by atomic mass is 10.4. The summed E-state index contributed by atoms with van der Waals surface area (Å²) in [5.74, 6) is -0.643. The number of hydrogen-bond donors (Lipinski definition) is 0. The van der Waals surface area contributed by atoms with Gasteiger partial charge in [0.1, 0.15) is 6.54 Å². The first kappa shape index (κ1) is 17.2. The molecule has 0 saturated heterocycles. The molecule has 0 heterocycles. The Morgan fingerprint density at radius 3 is 2.15 bits per heavy atom. The molecule has 0 aromatic heterocycles. The lowest BCUT2D eigenvalue weighted by molar-refractivity contribution is -0.141. The summed E-state index contributed by atoms with van der Waals surface area (Å²) in [4.78, 5) is 11.3.